The van der Waals surface area contributed by atoms with Crippen LogP contribution in [0, 0.1) is 0 Å². The first-order valence-corrected chi connectivity index (χ1v) is 10.4. The van der Waals surface area contributed by atoms with Crippen molar-refractivity contribution in [3.63, 3.8) is 0 Å². The van der Waals surface area contributed by atoms with Gasteiger partial charge in [0, 0.05) is 30.9 Å². The molecule has 0 spiro atoms. The number of unbranched alkanes of at least 4 members (excludes halogenated alkanes) is 1. The van der Waals surface area contributed by atoms with Crippen molar-refractivity contribution in [2.24, 2.45) is 4.99 Å². The zero-order valence-electron chi connectivity index (χ0n) is 18.7. The molecule has 0 saturated carbocycles. The van der Waals surface area contributed by atoms with E-state index in [1.807, 2.05) is 18.1 Å². The van der Waals surface area contributed by atoms with E-state index in [-0.39, 0.29) is 5.97 Å². The van der Waals surface area contributed by atoms with Crippen molar-refractivity contribution in [2.45, 2.75) is 40.0 Å². The van der Waals surface area contributed by atoms with Gasteiger partial charge in [0.2, 0.25) is 0 Å². The van der Waals surface area contributed by atoms with Gasteiger partial charge in [-0.2, -0.15) is 0 Å². The van der Waals surface area contributed by atoms with E-state index in [0.29, 0.717) is 5.57 Å². The van der Waals surface area contributed by atoms with Crippen LogP contribution in [0.3, 0.4) is 0 Å². The van der Waals surface area contributed by atoms with E-state index in [1.54, 1.807) is 12.2 Å². The lowest BCUT2D eigenvalue weighted by atomic mass is 9.90. The summed E-state index contributed by atoms with van der Waals surface area (Å²) in [5, 5.41) is 0. The van der Waals surface area contributed by atoms with Crippen molar-refractivity contribution in [2.75, 3.05) is 14.2 Å². The molecule has 2 rings (SSSR count). The van der Waals surface area contributed by atoms with Gasteiger partial charge in [-0.25, -0.2) is 4.79 Å². The largest absolute Gasteiger partial charge is 0.465 e. The molecule has 0 aliphatic carbocycles. The number of benzene rings is 1. The van der Waals surface area contributed by atoms with E-state index >= 15 is 0 Å². The highest BCUT2D eigenvalue weighted by atomic mass is 16.5. The normalized spacial score (nSPS) is 15.4. The van der Waals surface area contributed by atoms with E-state index in [2.05, 4.69) is 68.9 Å². The van der Waals surface area contributed by atoms with Crippen LogP contribution in [0.15, 0.2) is 77.7 Å². The molecule has 0 fully saturated rings. The molecular weight excluding hydrogens is 372 g/mol. The monoisotopic (exact) mass is 404 g/mol. The summed E-state index contributed by atoms with van der Waals surface area (Å²) >= 11 is 0. The third-order valence-electron chi connectivity index (χ3n) is 5.09. The summed E-state index contributed by atoms with van der Waals surface area (Å²) in [5.74, 6) is -0.364. The third-order valence-corrected chi connectivity index (χ3v) is 5.09. The van der Waals surface area contributed by atoms with Crippen LogP contribution in [0.1, 0.15) is 51.2 Å². The lowest BCUT2D eigenvalue weighted by Crippen LogP contribution is -2.15. The van der Waals surface area contributed by atoms with Crippen LogP contribution in [0.25, 0.3) is 11.1 Å². The Morgan fingerprint density at radius 1 is 1.23 bits per heavy atom. The number of ether oxygens (including phenoxy) is 1. The number of allylic oxidation sites excluding steroid dienone is 4. The molecule has 1 heterocycles. The Balaban J connectivity index is 2.48. The van der Waals surface area contributed by atoms with Gasteiger partial charge >= 0.3 is 5.97 Å². The quantitative estimate of drug-likeness (QED) is 0.385. The van der Waals surface area contributed by atoms with Gasteiger partial charge in [-0.1, -0.05) is 57.2 Å². The van der Waals surface area contributed by atoms with Crippen molar-refractivity contribution < 1.29 is 9.53 Å². The van der Waals surface area contributed by atoms with Crippen LogP contribution >= 0.6 is 0 Å². The van der Waals surface area contributed by atoms with Crippen LogP contribution in [0.5, 0.6) is 0 Å². The summed E-state index contributed by atoms with van der Waals surface area (Å²) in [6.07, 6.45) is 12.6. The molecule has 1 aliphatic rings. The Labute approximate surface area is 180 Å². The van der Waals surface area contributed by atoms with E-state index in [1.165, 1.54) is 29.4 Å². The van der Waals surface area contributed by atoms with Gasteiger partial charge in [0.1, 0.15) is 0 Å². The molecule has 1 aromatic rings. The van der Waals surface area contributed by atoms with Gasteiger partial charge in [0.25, 0.3) is 0 Å². The second-order valence-electron chi connectivity index (χ2n) is 7.07. The predicted octanol–water partition coefficient (Wildman–Crippen LogP) is 6.15. The van der Waals surface area contributed by atoms with Crippen LogP contribution in [-0.4, -0.2) is 30.7 Å². The lowest BCUT2D eigenvalue weighted by Gasteiger charge is -2.23. The number of methoxy groups -OCH3 is 1. The Kier molecular flexibility index (Phi) is 8.60. The molecule has 30 heavy (non-hydrogen) atoms. The minimum atomic E-state index is -0.364. The second kappa shape index (κ2) is 11.1. The maximum atomic E-state index is 11.8. The highest BCUT2D eigenvalue weighted by Gasteiger charge is 2.16. The number of hydrogen-bond acceptors (Lipinski definition) is 4. The number of nitrogens with zero attached hydrogens (tertiary/aromatic N) is 2. The molecule has 0 aromatic heterocycles. The van der Waals surface area contributed by atoms with E-state index in [0.717, 1.165) is 30.7 Å². The molecule has 0 N–H and O–H groups in total. The van der Waals surface area contributed by atoms with Gasteiger partial charge in [-0.3, -0.25) is 4.99 Å². The number of esters is 1. The van der Waals surface area contributed by atoms with E-state index in [9.17, 15) is 4.79 Å². The molecule has 1 aromatic carbocycles. The highest BCUT2D eigenvalue weighted by Crippen LogP contribution is 2.30. The molecule has 158 valence electrons. The van der Waals surface area contributed by atoms with E-state index < -0.39 is 0 Å². The highest BCUT2D eigenvalue weighted by molar-refractivity contribution is 6.23. The van der Waals surface area contributed by atoms with Crippen molar-refractivity contribution in [3.05, 3.63) is 83.9 Å². The lowest BCUT2D eigenvalue weighted by molar-refractivity contribution is -0.135. The van der Waals surface area contributed by atoms with Gasteiger partial charge in [-0.05, 0) is 54.2 Å². The molecule has 0 radical (unpaired) electrons. The summed E-state index contributed by atoms with van der Waals surface area (Å²) in [7, 11) is 3.21. The summed E-state index contributed by atoms with van der Waals surface area (Å²) in [4.78, 5) is 18.2. The second-order valence-corrected chi connectivity index (χ2v) is 7.07. The fraction of sp³-hybridized carbons (Fsp3) is 0.308. The molecule has 1 aliphatic heterocycles. The molecule has 0 unspecified atom stereocenters. The fourth-order valence-corrected chi connectivity index (χ4v) is 3.31. The maximum absolute atomic E-state index is 11.8. The molecular formula is C26H32N2O2. The first kappa shape index (κ1) is 23.1. The maximum Gasteiger partial charge on any atom is 0.337 e. The van der Waals surface area contributed by atoms with Crippen molar-refractivity contribution in [3.8, 4) is 0 Å². The summed E-state index contributed by atoms with van der Waals surface area (Å²) in [5.41, 5.74) is 6.94. The molecule has 4 nitrogen and oxygen atoms in total. The van der Waals surface area contributed by atoms with Gasteiger partial charge < -0.3 is 9.64 Å². The Morgan fingerprint density at radius 2 is 1.93 bits per heavy atom. The van der Waals surface area contributed by atoms with E-state index in [4.69, 9.17) is 4.74 Å². The standard InChI is InChI=1S/C26H32N2O2/c1-7-9-12-23(20(4)27-5)25-14-11-10-13-24(25)21(8-2)18-28-16-15-22(17-19(28)3)26(29)30-6/h10-18H,3,7-9H2,1-2,4-6H3/b21-18+,23-12+,27-20?. The predicted molar refractivity (Wildman–Crippen MR) is 127 cm³/mol. The number of carbonyl (C=O) groups excluding carboxylic acids is 1. The zero-order valence-corrected chi connectivity index (χ0v) is 18.7. The smallest absolute Gasteiger partial charge is 0.337 e. The van der Waals surface area contributed by atoms with Crippen LogP contribution < -0.4 is 0 Å². The number of hydrogen-bond donors (Lipinski definition) is 0. The Bertz CT molecular complexity index is 946. The van der Waals surface area contributed by atoms with Crippen molar-refractivity contribution in [1.29, 1.82) is 0 Å². The van der Waals surface area contributed by atoms with Crippen LogP contribution in [-0.2, 0) is 9.53 Å². The number of carbonyl (C=O) groups is 1. The van der Waals surface area contributed by atoms with Crippen molar-refractivity contribution >= 4 is 22.8 Å². The molecule has 0 atom stereocenters. The summed E-state index contributed by atoms with van der Waals surface area (Å²) in [6, 6.07) is 8.44. The summed E-state index contributed by atoms with van der Waals surface area (Å²) < 4.78 is 4.80. The van der Waals surface area contributed by atoms with Gasteiger partial charge in [0.15, 0.2) is 0 Å². The average Bonchev–Trinajstić information content (AvgIpc) is 2.78. The zero-order chi connectivity index (χ0) is 22.1. The minimum Gasteiger partial charge on any atom is -0.465 e. The molecule has 4 heteroatoms. The summed E-state index contributed by atoms with van der Waals surface area (Å²) in [6.45, 7) is 10.5. The number of aliphatic imine (C=N–C) groups is 1. The first-order valence-electron chi connectivity index (χ1n) is 10.4. The Hall–Kier alpha value is -3.14. The fourth-order valence-electron chi connectivity index (χ4n) is 3.31. The molecule has 0 bridgehead atoms. The van der Waals surface area contributed by atoms with Gasteiger partial charge in [-0.15, -0.1) is 0 Å². The minimum absolute atomic E-state index is 0.364. The van der Waals surface area contributed by atoms with Crippen LogP contribution in [0.2, 0.25) is 0 Å². The SMILES string of the molecule is C=C1C=C(C(=O)OC)C=CN1/C=C(\CC)c1ccccc1/C(=C/CCC)C(C)=NC. The number of rotatable bonds is 8. The topological polar surface area (TPSA) is 41.9 Å². The average molecular weight is 405 g/mol. The third kappa shape index (κ3) is 5.47. The van der Waals surface area contributed by atoms with Crippen molar-refractivity contribution in [1.82, 2.24) is 4.90 Å². The van der Waals surface area contributed by atoms with Gasteiger partial charge in [0.05, 0.1) is 12.7 Å². The molecule has 0 amide bonds. The Morgan fingerprint density at radius 3 is 2.50 bits per heavy atom. The van der Waals surface area contributed by atoms with Crippen LogP contribution in [0.4, 0.5) is 0 Å². The molecule has 0 saturated heterocycles. The first-order chi connectivity index (χ1) is 14.5.